The zero-order chi connectivity index (χ0) is 11.0. The van der Waals surface area contributed by atoms with Gasteiger partial charge in [0.15, 0.2) is 5.78 Å². The van der Waals surface area contributed by atoms with E-state index in [9.17, 15) is 4.79 Å². The molecule has 78 valence electrons. The van der Waals surface area contributed by atoms with Gasteiger partial charge in [-0.15, -0.1) is 0 Å². The third kappa shape index (κ3) is 1.29. The van der Waals surface area contributed by atoms with Crippen molar-refractivity contribution < 1.29 is 4.79 Å². The summed E-state index contributed by atoms with van der Waals surface area (Å²) in [7, 11) is 0. The van der Waals surface area contributed by atoms with Crippen LogP contribution in [-0.2, 0) is 0 Å². The fraction of sp³-hybridized carbons (Fsp3) is 0.0769. The molecule has 0 aliphatic carbocycles. The zero-order valence-electron chi connectivity index (χ0n) is 8.60. The molecule has 3 rings (SSSR count). The van der Waals surface area contributed by atoms with Gasteiger partial charge in [0.1, 0.15) is 5.82 Å². The average Bonchev–Trinajstić information content (AvgIpc) is 2.75. The lowest BCUT2D eigenvalue weighted by Crippen LogP contribution is -2.04. The normalized spacial score (nSPS) is 13.9. The van der Waals surface area contributed by atoms with E-state index in [2.05, 4.69) is 9.98 Å². The number of aromatic nitrogens is 1. The highest BCUT2D eigenvalue weighted by molar-refractivity contribution is 6.13. The Labute approximate surface area is 92.8 Å². The minimum Gasteiger partial charge on any atom is -0.345 e. The fourth-order valence-corrected chi connectivity index (χ4v) is 1.96. The SMILES string of the molecule is O=C1CC=Nc2[nH]cc(-c3ccccc3)c21. The molecule has 0 spiro atoms. The molecule has 2 aromatic rings. The fourth-order valence-electron chi connectivity index (χ4n) is 1.96. The van der Waals surface area contributed by atoms with Gasteiger partial charge in [-0.25, -0.2) is 4.99 Å². The standard InChI is InChI=1S/C13H10N2O/c16-11-6-7-14-13-12(11)10(8-15-13)9-4-2-1-3-5-9/h1-5,7-8,15H,6H2. The Morgan fingerprint density at radius 3 is 2.81 bits per heavy atom. The van der Waals surface area contributed by atoms with E-state index < -0.39 is 0 Å². The molecule has 0 radical (unpaired) electrons. The first kappa shape index (κ1) is 9.09. The van der Waals surface area contributed by atoms with E-state index >= 15 is 0 Å². The monoisotopic (exact) mass is 210 g/mol. The van der Waals surface area contributed by atoms with Gasteiger partial charge in [0.05, 0.1) is 5.56 Å². The number of fused-ring (bicyclic) bond motifs is 1. The van der Waals surface area contributed by atoms with E-state index in [4.69, 9.17) is 0 Å². The number of Topliss-reactive ketones (excluding diaryl/α,β-unsaturated/α-hetero) is 1. The summed E-state index contributed by atoms with van der Waals surface area (Å²) in [5.41, 5.74) is 2.71. The summed E-state index contributed by atoms with van der Waals surface area (Å²) in [5.74, 6) is 0.806. The lowest BCUT2D eigenvalue weighted by molar-refractivity contribution is 0.100. The second-order valence-corrected chi connectivity index (χ2v) is 3.73. The number of H-pyrrole nitrogens is 1. The van der Waals surface area contributed by atoms with Crippen molar-refractivity contribution in [3.8, 4) is 11.1 Å². The molecule has 1 aromatic heterocycles. The van der Waals surface area contributed by atoms with Gasteiger partial charge in [0, 0.05) is 24.4 Å². The molecule has 3 heteroatoms. The summed E-state index contributed by atoms with van der Waals surface area (Å²) in [5, 5.41) is 0. The number of hydrogen-bond acceptors (Lipinski definition) is 2. The number of rotatable bonds is 1. The molecule has 0 amide bonds. The van der Waals surface area contributed by atoms with Gasteiger partial charge in [-0.2, -0.15) is 0 Å². The van der Waals surface area contributed by atoms with Crippen LogP contribution in [0.2, 0.25) is 0 Å². The van der Waals surface area contributed by atoms with E-state index in [1.807, 2.05) is 36.5 Å². The molecule has 0 fully saturated rings. The first-order valence-electron chi connectivity index (χ1n) is 5.19. The van der Waals surface area contributed by atoms with Crippen molar-refractivity contribution in [3.05, 3.63) is 42.1 Å². The quantitative estimate of drug-likeness (QED) is 0.772. The number of benzene rings is 1. The van der Waals surface area contributed by atoms with Gasteiger partial charge in [-0.05, 0) is 5.56 Å². The summed E-state index contributed by atoms with van der Waals surface area (Å²) in [6, 6.07) is 9.88. The molecule has 1 aliphatic rings. The van der Waals surface area contributed by atoms with Crippen LogP contribution in [0.4, 0.5) is 5.82 Å². The lowest BCUT2D eigenvalue weighted by Gasteiger charge is -2.06. The number of ketones is 1. The average molecular weight is 210 g/mol. The first-order valence-corrected chi connectivity index (χ1v) is 5.19. The van der Waals surface area contributed by atoms with Crippen molar-refractivity contribution in [2.24, 2.45) is 4.99 Å². The second kappa shape index (κ2) is 3.45. The van der Waals surface area contributed by atoms with Crippen molar-refractivity contribution in [3.63, 3.8) is 0 Å². The van der Waals surface area contributed by atoms with Crippen LogP contribution < -0.4 is 0 Å². The van der Waals surface area contributed by atoms with Crippen molar-refractivity contribution in [1.29, 1.82) is 0 Å². The predicted molar refractivity (Wildman–Crippen MR) is 63.3 cm³/mol. The maximum absolute atomic E-state index is 11.8. The number of hydrogen-bond donors (Lipinski definition) is 1. The van der Waals surface area contributed by atoms with Crippen LogP contribution in [0, 0.1) is 0 Å². The molecular weight excluding hydrogens is 200 g/mol. The van der Waals surface area contributed by atoms with E-state index in [-0.39, 0.29) is 5.78 Å². The minimum absolute atomic E-state index is 0.130. The van der Waals surface area contributed by atoms with Gasteiger partial charge >= 0.3 is 0 Å². The molecular formula is C13H10N2O. The molecule has 0 unspecified atom stereocenters. The largest absolute Gasteiger partial charge is 0.345 e. The van der Waals surface area contributed by atoms with Crippen LogP contribution in [0.25, 0.3) is 11.1 Å². The van der Waals surface area contributed by atoms with Crippen LogP contribution in [0.5, 0.6) is 0 Å². The number of nitrogens with zero attached hydrogens (tertiary/aromatic N) is 1. The summed E-state index contributed by atoms with van der Waals surface area (Å²) in [6.45, 7) is 0. The van der Waals surface area contributed by atoms with Gasteiger partial charge in [0.2, 0.25) is 0 Å². The van der Waals surface area contributed by atoms with E-state index in [0.29, 0.717) is 17.8 Å². The van der Waals surface area contributed by atoms with Gasteiger partial charge in [0.25, 0.3) is 0 Å². The lowest BCUT2D eigenvalue weighted by atomic mass is 9.99. The smallest absolute Gasteiger partial charge is 0.172 e. The molecule has 0 bridgehead atoms. The highest BCUT2D eigenvalue weighted by Gasteiger charge is 2.21. The Kier molecular flexibility index (Phi) is 1.96. The molecule has 0 atom stereocenters. The summed E-state index contributed by atoms with van der Waals surface area (Å²) in [4.78, 5) is 19.1. The summed E-state index contributed by atoms with van der Waals surface area (Å²) >= 11 is 0. The van der Waals surface area contributed by atoms with E-state index in [1.165, 1.54) is 0 Å². The van der Waals surface area contributed by atoms with Crippen LogP contribution in [-0.4, -0.2) is 17.0 Å². The number of aliphatic imine (C=N–C) groups is 1. The van der Waals surface area contributed by atoms with Gasteiger partial charge in [-0.3, -0.25) is 4.79 Å². The zero-order valence-corrected chi connectivity index (χ0v) is 8.60. The predicted octanol–water partition coefficient (Wildman–Crippen LogP) is 2.97. The van der Waals surface area contributed by atoms with Gasteiger partial charge in [-0.1, -0.05) is 30.3 Å². The Hall–Kier alpha value is -2.16. The molecule has 0 saturated heterocycles. The van der Waals surface area contributed by atoms with Crippen molar-refractivity contribution in [2.75, 3.05) is 0 Å². The summed E-state index contributed by atoms with van der Waals surface area (Å²) < 4.78 is 0. The van der Waals surface area contributed by atoms with E-state index in [0.717, 1.165) is 11.1 Å². The Morgan fingerprint density at radius 2 is 2.00 bits per heavy atom. The van der Waals surface area contributed by atoms with Crippen LogP contribution in [0.15, 0.2) is 41.5 Å². The Morgan fingerprint density at radius 1 is 1.19 bits per heavy atom. The highest BCUT2D eigenvalue weighted by atomic mass is 16.1. The first-order chi connectivity index (χ1) is 7.86. The maximum Gasteiger partial charge on any atom is 0.172 e. The van der Waals surface area contributed by atoms with Crippen LogP contribution in [0.3, 0.4) is 0 Å². The third-order valence-corrected chi connectivity index (χ3v) is 2.72. The number of aromatic amines is 1. The molecule has 16 heavy (non-hydrogen) atoms. The Balaban J connectivity index is 2.21. The molecule has 3 nitrogen and oxygen atoms in total. The van der Waals surface area contributed by atoms with Crippen molar-refractivity contribution in [2.45, 2.75) is 6.42 Å². The van der Waals surface area contributed by atoms with E-state index in [1.54, 1.807) is 6.21 Å². The third-order valence-electron chi connectivity index (χ3n) is 2.72. The maximum atomic E-state index is 11.8. The summed E-state index contributed by atoms with van der Waals surface area (Å²) in [6.07, 6.45) is 3.89. The number of nitrogens with one attached hydrogen (secondary N) is 1. The van der Waals surface area contributed by atoms with Crippen LogP contribution in [0.1, 0.15) is 16.8 Å². The van der Waals surface area contributed by atoms with Gasteiger partial charge < -0.3 is 4.98 Å². The number of carbonyl (C=O) groups excluding carboxylic acids is 1. The second-order valence-electron chi connectivity index (χ2n) is 3.73. The topological polar surface area (TPSA) is 45.2 Å². The highest BCUT2D eigenvalue weighted by Crippen LogP contribution is 2.33. The molecule has 1 aliphatic heterocycles. The van der Waals surface area contributed by atoms with Crippen LogP contribution >= 0.6 is 0 Å². The molecule has 0 saturated carbocycles. The molecule has 2 heterocycles. The Bertz CT molecular complexity index is 567. The minimum atomic E-state index is 0.130. The molecule has 1 N–H and O–H groups in total. The van der Waals surface area contributed by atoms with Crippen molar-refractivity contribution >= 4 is 17.8 Å². The molecule has 1 aromatic carbocycles. The number of carbonyl (C=O) groups is 1. The van der Waals surface area contributed by atoms with Crippen molar-refractivity contribution in [1.82, 2.24) is 4.98 Å².